The van der Waals surface area contributed by atoms with Gasteiger partial charge in [-0.15, -0.1) is 0 Å². The molecule has 176 valence electrons. The van der Waals surface area contributed by atoms with Crippen molar-refractivity contribution in [3.63, 3.8) is 0 Å². The van der Waals surface area contributed by atoms with Gasteiger partial charge in [-0.25, -0.2) is 10.9 Å². The lowest BCUT2D eigenvalue weighted by Crippen LogP contribution is -2.51. The highest BCUT2D eigenvalue weighted by Crippen LogP contribution is 2.27. The van der Waals surface area contributed by atoms with Gasteiger partial charge >= 0.3 is 0 Å². The molecule has 3 N–H and O–H groups in total. The summed E-state index contributed by atoms with van der Waals surface area (Å²) in [5.41, 5.74) is 12.0. The summed E-state index contributed by atoms with van der Waals surface area (Å²) in [4.78, 5) is 29.6. The Balaban J connectivity index is 1.26. The summed E-state index contributed by atoms with van der Waals surface area (Å²) in [5.74, 6) is 0.0851. The Morgan fingerprint density at radius 2 is 1.70 bits per heavy atom. The molecule has 0 bridgehead atoms. The summed E-state index contributed by atoms with van der Waals surface area (Å²) >= 11 is 0. The van der Waals surface area contributed by atoms with E-state index in [1.165, 1.54) is 16.7 Å². The second-order valence-electron chi connectivity index (χ2n) is 9.50. The second kappa shape index (κ2) is 9.93. The van der Waals surface area contributed by atoms with Gasteiger partial charge in [-0.1, -0.05) is 23.8 Å². The zero-order chi connectivity index (χ0) is 23.5. The van der Waals surface area contributed by atoms with Gasteiger partial charge in [0, 0.05) is 50.5 Å². The molecule has 2 saturated heterocycles. The third kappa shape index (κ3) is 5.37. The number of piperidine rings is 1. The zero-order valence-corrected chi connectivity index (χ0v) is 20.0. The quantitative estimate of drug-likeness (QED) is 0.654. The number of aryl methyl sites for hydroxylation is 2. The van der Waals surface area contributed by atoms with Crippen LogP contribution in [0.15, 0.2) is 42.5 Å². The Kier molecular flexibility index (Phi) is 7.00. The first-order chi connectivity index (χ1) is 15.8. The Morgan fingerprint density at radius 3 is 2.33 bits per heavy atom. The SMILES string of the molecule is Cc1ccc(C2CC(C(=O)N3CCC(NC(=O)c4ccc(N(C)C)cc4)CC3)NN2)c(C)c1. The molecular formula is C26H35N5O2. The van der Waals surface area contributed by atoms with Crippen molar-refractivity contribution >= 4 is 17.5 Å². The van der Waals surface area contributed by atoms with E-state index in [-0.39, 0.29) is 29.9 Å². The lowest BCUT2D eigenvalue weighted by molar-refractivity contribution is -0.134. The van der Waals surface area contributed by atoms with Crippen LogP contribution in [0, 0.1) is 13.8 Å². The lowest BCUT2D eigenvalue weighted by atomic mass is 9.95. The molecule has 2 fully saturated rings. The van der Waals surface area contributed by atoms with E-state index >= 15 is 0 Å². The van der Waals surface area contributed by atoms with Crippen LogP contribution in [-0.4, -0.2) is 56.0 Å². The Hall–Kier alpha value is -2.90. The number of nitrogens with zero attached hydrogens (tertiary/aromatic N) is 2. The van der Waals surface area contributed by atoms with Crippen LogP contribution < -0.4 is 21.1 Å². The van der Waals surface area contributed by atoms with Crippen LogP contribution in [0.25, 0.3) is 0 Å². The molecule has 2 unspecified atom stereocenters. The van der Waals surface area contributed by atoms with Crippen molar-refractivity contribution in [3.8, 4) is 0 Å². The second-order valence-corrected chi connectivity index (χ2v) is 9.50. The molecule has 2 atom stereocenters. The van der Waals surface area contributed by atoms with Crippen LogP contribution in [0.1, 0.15) is 52.4 Å². The monoisotopic (exact) mass is 449 g/mol. The molecule has 33 heavy (non-hydrogen) atoms. The van der Waals surface area contributed by atoms with Crippen molar-refractivity contribution in [2.24, 2.45) is 0 Å². The van der Waals surface area contributed by atoms with Crippen LogP contribution >= 0.6 is 0 Å². The number of benzene rings is 2. The van der Waals surface area contributed by atoms with E-state index in [2.05, 4.69) is 48.2 Å². The number of amides is 2. The third-order valence-corrected chi connectivity index (χ3v) is 6.79. The minimum absolute atomic E-state index is 0.0527. The van der Waals surface area contributed by atoms with Gasteiger partial charge in [-0.2, -0.15) is 0 Å². The maximum absolute atomic E-state index is 13.1. The van der Waals surface area contributed by atoms with Gasteiger partial charge in [-0.05, 0) is 68.5 Å². The summed E-state index contributed by atoms with van der Waals surface area (Å²) in [7, 11) is 3.95. The van der Waals surface area contributed by atoms with Crippen molar-refractivity contribution in [3.05, 3.63) is 64.7 Å². The fourth-order valence-electron chi connectivity index (χ4n) is 4.78. The number of rotatable bonds is 5. The van der Waals surface area contributed by atoms with Gasteiger partial charge in [0.2, 0.25) is 5.91 Å². The molecule has 0 saturated carbocycles. The molecule has 0 spiro atoms. The van der Waals surface area contributed by atoms with Gasteiger partial charge < -0.3 is 15.1 Å². The number of hydrazine groups is 1. The van der Waals surface area contributed by atoms with Gasteiger partial charge in [0.1, 0.15) is 6.04 Å². The van der Waals surface area contributed by atoms with E-state index in [9.17, 15) is 9.59 Å². The predicted molar refractivity (Wildman–Crippen MR) is 131 cm³/mol. The largest absolute Gasteiger partial charge is 0.378 e. The summed E-state index contributed by atoms with van der Waals surface area (Å²) in [5, 5.41) is 3.13. The maximum atomic E-state index is 13.1. The molecule has 0 aliphatic carbocycles. The number of hydrogen-bond donors (Lipinski definition) is 3. The highest BCUT2D eigenvalue weighted by Gasteiger charge is 2.35. The number of likely N-dealkylation sites (tertiary alicyclic amines) is 1. The van der Waals surface area contributed by atoms with E-state index in [1.54, 1.807) is 0 Å². The Bertz CT molecular complexity index is 996. The van der Waals surface area contributed by atoms with E-state index in [0.29, 0.717) is 18.7 Å². The van der Waals surface area contributed by atoms with E-state index in [0.717, 1.165) is 24.9 Å². The molecule has 7 heteroatoms. The summed E-state index contributed by atoms with van der Waals surface area (Å²) in [6, 6.07) is 14.1. The molecule has 2 amide bonds. The normalized spacial score (nSPS) is 21.2. The molecule has 2 aliphatic heterocycles. The van der Waals surface area contributed by atoms with Gasteiger partial charge in [-0.3, -0.25) is 9.59 Å². The first kappa shape index (κ1) is 23.3. The average molecular weight is 450 g/mol. The van der Waals surface area contributed by atoms with Crippen LogP contribution in [0.4, 0.5) is 5.69 Å². The van der Waals surface area contributed by atoms with Crippen molar-refractivity contribution in [2.75, 3.05) is 32.1 Å². The highest BCUT2D eigenvalue weighted by atomic mass is 16.2. The molecule has 2 aliphatic rings. The van der Waals surface area contributed by atoms with E-state index in [4.69, 9.17) is 0 Å². The third-order valence-electron chi connectivity index (χ3n) is 6.79. The Morgan fingerprint density at radius 1 is 1.00 bits per heavy atom. The van der Waals surface area contributed by atoms with Crippen molar-refractivity contribution < 1.29 is 9.59 Å². The minimum Gasteiger partial charge on any atom is -0.378 e. The maximum Gasteiger partial charge on any atom is 0.251 e. The molecular weight excluding hydrogens is 414 g/mol. The van der Waals surface area contributed by atoms with Gasteiger partial charge in [0.15, 0.2) is 0 Å². The number of hydrogen-bond acceptors (Lipinski definition) is 5. The summed E-state index contributed by atoms with van der Waals surface area (Å²) in [6.07, 6.45) is 2.28. The predicted octanol–water partition coefficient (Wildman–Crippen LogP) is 2.70. The van der Waals surface area contributed by atoms with Crippen molar-refractivity contribution in [2.45, 2.75) is 51.2 Å². The van der Waals surface area contributed by atoms with Crippen LogP contribution in [0.3, 0.4) is 0 Å². The standard InChI is InChI=1S/C26H35N5O2/c1-17-5-10-22(18(2)15-17)23-16-24(29-28-23)26(33)31-13-11-20(12-14-31)27-25(32)19-6-8-21(9-7-19)30(3)4/h5-10,15,20,23-24,28-29H,11-14,16H2,1-4H3,(H,27,32). The number of nitrogens with one attached hydrogen (secondary N) is 3. The highest BCUT2D eigenvalue weighted by molar-refractivity contribution is 5.94. The number of carbonyl (C=O) groups is 2. The lowest BCUT2D eigenvalue weighted by Gasteiger charge is -2.33. The van der Waals surface area contributed by atoms with Crippen LogP contribution in [0.5, 0.6) is 0 Å². The Labute approximate surface area is 196 Å². The van der Waals surface area contributed by atoms with Crippen LogP contribution in [-0.2, 0) is 4.79 Å². The minimum atomic E-state index is -0.225. The molecule has 2 aromatic carbocycles. The smallest absolute Gasteiger partial charge is 0.251 e. The molecule has 2 heterocycles. The van der Waals surface area contributed by atoms with E-state index < -0.39 is 0 Å². The zero-order valence-electron chi connectivity index (χ0n) is 20.0. The molecule has 0 radical (unpaired) electrons. The number of carbonyl (C=O) groups excluding carboxylic acids is 2. The van der Waals surface area contributed by atoms with Crippen LogP contribution in [0.2, 0.25) is 0 Å². The van der Waals surface area contributed by atoms with Crippen molar-refractivity contribution in [1.29, 1.82) is 0 Å². The summed E-state index contributed by atoms with van der Waals surface area (Å²) in [6.45, 7) is 5.54. The fraction of sp³-hybridized carbons (Fsp3) is 0.462. The van der Waals surface area contributed by atoms with E-state index in [1.807, 2.05) is 48.2 Å². The number of anilines is 1. The molecule has 2 aromatic rings. The average Bonchev–Trinajstić information content (AvgIpc) is 3.29. The summed E-state index contributed by atoms with van der Waals surface area (Å²) < 4.78 is 0. The topological polar surface area (TPSA) is 76.7 Å². The van der Waals surface area contributed by atoms with Crippen molar-refractivity contribution in [1.82, 2.24) is 21.1 Å². The van der Waals surface area contributed by atoms with Gasteiger partial charge in [0.25, 0.3) is 5.91 Å². The first-order valence-electron chi connectivity index (χ1n) is 11.8. The fourth-order valence-corrected chi connectivity index (χ4v) is 4.78. The molecule has 7 nitrogen and oxygen atoms in total. The van der Waals surface area contributed by atoms with Gasteiger partial charge in [0.05, 0.1) is 0 Å². The molecule has 4 rings (SSSR count). The molecule has 0 aromatic heterocycles. The first-order valence-corrected chi connectivity index (χ1v) is 11.8.